The molecular formula is C15H26N4. The number of rotatable bonds is 6. The molecule has 1 aliphatic heterocycles. The smallest absolute Gasteiger partial charge is 0.122 e. The molecule has 0 radical (unpaired) electrons. The van der Waals surface area contributed by atoms with Gasteiger partial charge in [0.25, 0.3) is 0 Å². The van der Waals surface area contributed by atoms with E-state index in [0.29, 0.717) is 6.04 Å². The summed E-state index contributed by atoms with van der Waals surface area (Å²) in [5.41, 5.74) is 0. The average molecular weight is 262 g/mol. The van der Waals surface area contributed by atoms with Gasteiger partial charge >= 0.3 is 0 Å². The summed E-state index contributed by atoms with van der Waals surface area (Å²) in [7, 11) is 0. The van der Waals surface area contributed by atoms with E-state index < -0.39 is 0 Å². The Balaban J connectivity index is 1.59. The fourth-order valence-electron chi connectivity index (χ4n) is 3.05. The number of nitrogens with zero attached hydrogens (tertiary/aromatic N) is 3. The van der Waals surface area contributed by atoms with E-state index >= 15 is 0 Å². The summed E-state index contributed by atoms with van der Waals surface area (Å²) in [5, 5.41) is 3.70. The summed E-state index contributed by atoms with van der Waals surface area (Å²) in [4.78, 5) is 7.16. The molecular weight excluding hydrogens is 236 g/mol. The quantitative estimate of drug-likeness (QED) is 0.851. The number of piperidine rings is 1. The summed E-state index contributed by atoms with van der Waals surface area (Å²) in [6.45, 7) is 6.62. The first-order valence-electron chi connectivity index (χ1n) is 7.84. The van der Waals surface area contributed by atoms with E-state index in [4.69, 9.17) is 0 Å². The lowest BCUT2D eigenvalue weighted by Crippen LogP contribution is -2.45. The van der Waals surface area contributed by atoms with Crippen LogP contribution in [-0.4, -0.2) is 39.6 Å². The Morgan fingerprint density at radius 3 is 3.00 bits per heavy atom. The molecule has 1 aromatic rings. The second-order valence-electron chi connectivity index (χ2n) is 5.93. The fourth-order valence-corrected chi connectivity index (χ4v) is 3.05. The molecule has 1 saturated carbocycles. The molecule has 1 aliphatic carbocycles. The van der Waals surface area contributed by atoms with Crippen LogP contribution in [0.5, 0.6) is 0 Å². The van der Waals surface area contributed by atoms with Crippen LogP contribution in [0.1, 0.15) is 44.9 Å². The zero-order valence-corrected chi connectivity index (χ0v) is 12.0. The predicted molar refractivity (Wildman–Crippen MR) is 77.0 cm³/mol. The number of aryl methyl sites for hydroxylation is 1. The van der Waals surface area contributed by atoms with Gasteiger partial charge in [-0.2, -0.15) is 0 Å². The van der Waals surface area contributed by atoms with Gasteiger partial charge in [-0.25, -0.2) is 4.98 Å². The van der Waals surface area contributed by atoms with Gasteiger partial charge in [0.05, 0.1) is 6.54 Å². The molecule has 4 nitrogen and oxygen atoms in total. The highest BCUT2D eigenvalue weighted by atomic mass is 15.2. The van der Waals surface area contributed by atoms with E-state index in [-0.39, 0.29) is 0 Å². The lowest BCUT2D eigenvalue weighted by atomic mass is 10.0. The molecule has 0 spiro atoms. The third-order valence-electron chi connectivity index (χ3n) is 4.46. The molecule has 2 heterocycles. The average Bonchev–Trinajstić information content (AvgIpc) is 3.16. The first kappa shape index (κ1) is 13.1. The number of nitrogens with one attached hydrogen (secondary N) is 1. The Bertz CT molecular complexity index is 397. The predicted octanol–water partition coefficient (Wildman–Crippen LogP) is 2.01. The molecule has 1 aromatic heterocycles. The molecule has 106 valence electrons. The van der Waals surface area contributed by atoms with Gasteiger partial charge in [0.15, 0.2) is 0 Å². The van der Waals surface area contributed by atoms with E-state index in [2.05, 4.69) is 32.9 Å². The minimum atomic E-state index is 0.705. The normalized spacial score (nSPS) is 24.8. The summed E-state index contributed by atoms with van der Waals surface area (Å²) < 4.78 is 2.26. The van der Waals surface area contributed by atoms with Crippen molar-refractivity contribution >= 4 is 0 Å². The fraction of sp³-hybridized carbons (Fsp3) is 0.800. The lowest BCUT2D eigenvalue weighted by molar-refractivity contribution is 0.132. The van der Waals surface area contributed by atoms with Crippen LogP contribution in [0.3, 0.4) is 0 Å². The Kier molecular flexibility index (Phi) is 4.18. The SMILES string of the molecule is CCn1ccnc1CN1CCCCC1CNC1CC1. The van der Waals surface area contributed by atoms with Gasteiger partial charge in [0, 0.05) is 37.6 Å². The third-order valence-corrected chi connectivity index (χ3v) is 4.46. The van der Waals surface area contributed by atoms with E-state index in [1.807, 2.05) is 6.20 Å². The van der Waals surface area contributed by atoms with Crippen molar-refractivity contribution in [2.75, 3.05) is 13.1 Å². The molecule has 3 rings (SSSR count). The lowest BCUT2D eigenvalue weighted by Gasteiger charge is -2.35. The minimum Gasteiger partial charge on any atom is -0.334 e. The molecule has 19 heavy (non-hydrogen) atoms. The highest BCUT2D eigenvalue weighted by Gasteiger charge is 2.26. The molecule has 0 aromatic carbocycles. The minimum absolute atomic E-state index is 0.705. The van der Waals surface area contributed by atoms with Gasteiger partial charge in [-0.1, -0.05) is 6.42 Å². The van der Waals surface area contributed by atoms with E-state index in [0.717, 1.165) is 25.7 Å². The molecule has 0 amide bonds. The maximum absolute atomic E-state index is 4.52. The molecule has 0 bridgehead atoms. The number of imidazole rings is 1. The Labute approximate surface area is 116 Å². The van der Waals surface area contributed by atoms with E-state index in [1.165, 1.54) is 44.5 Å². The van der Waals surface area contributed by atoms with Crippen LogP contribution in [0.25, 0.3) is 0 Å². The standard InChI is InChI=1S/C15H26N4/c1-2-18-10-8-16-15(18)12-19-9-4-3-5-14(19)11-17-13-6-7-13/h8,10,13-14,17H,2-7,9,11-12H2,1H3. The Morgan fingerprint density at radius 1 is 1.32 bits per heavy atom. The van der Waals surface area contributed by atoms with Gasteiger partial charge in [0.2, 0.25) is 0 Å². The van der Waals surface area contributed by atoms with Crippen LogP contribution in [-0.2, 0) is 13.1 Å². The summed E-state index contributed by atoms with van der Waals surface area (Å²) in [5.74, 6) is 1.22. The second kappa shape index (κ2) is 6.06. The van der Waals surface area contributed by atoms with Crippen molar-refractivity contribution in [2.24, 2.45) is 0 Å². The Morgan fingerprint density at radius 2 is 2.21 bits per heavy atom. The second-order valence-corrected chi connectivity index (χ2v) is 5.93. The van der Waals surface area contributed by atoms with Crippen LogP contribution in [0.4, 0.5) is 0 Å². The first-order valence-corrected chi connectivity index (χ1v) is 7.84. The first-order chi connectivity index (χ1) is 9.36. The van der Waals surface area contributed by atoms with Crippen LogP contribution >= 0.6 is 0 Å². The highest BCUT2D eigenvalue weighted by Crippen LogP contribution is 2.22. The van der Waals surface area contributed by atoms with Crippen LogP contribution in [0.15, 0.2) is 12.4 Å². The molecule has 1 atom stereocenters. The molecule has 4 heteroatoms. The molecule has 2 aliphatic rings. The van der Waals surface area contributed by atoms with Crippen LogP contribution in [0.2, 0.25) is 0 Å². The van der Waals surface area contributed by atoms with Crippen molar-refractivity contribution in [2.45, 2.75) is 64.2 Å². The van der Waals surface area contributed by atoms with Gasteiger partial charge in [-0.15, -0.1) is 0 Å². The van der Waals surface area contributed by atoms with Gasteiger partial charge in [-0.05, 0) is 39.2 Å². The zero-order valence-electron chi connectivity index (χ0n) is 12.0. The van der Waals surface area contributed by atoms with Crippen molar-refractivity contribution in [3.8, 4) is 0 Å². The van der Waals surface area contributed by atoms with Crippen molar-refractivity contribution in [3.05, 3.63) is 18.2 Å². The maximum atomic E-state index is 4.52. The zero-order chi connectivity index (χ0) is 13.1. The van der Waals surface area contributed by atoms with E-state index in [9.17, 15) is 0 Å². The van der Waals surface area contributed by atoms with E-state index in [1.54, 1.807) is 0 Å². The highest BCUT2D eigenvalue weighted by molar-refractivity contribution is 4.94. The van der Waals surface area contributed by atoms with Crippen molar-refractivity contribution in [1.29, 1.82) is 0 Å². The van der Waals surface area contributed by atoms with Crippen molar-refractivity contribution in [3.63, 3.8) is 0 Å². The van der Waals surface area contributed by atoms with Crippen molar-refractivity contribution < 1.29 is 0 Å². The number of hydrogen-bond donors (Lipinski definition) is 1. The van der Waals surface area contributed by atoms with Gasteiger partial charge in [0.1, 0.15) is 5.82 Å². The number of aromatic nitrogens is 2. The van der Waals surface area contributed by atoms with Crippen LogP contribution in [0, 0.1) is 0 Å². The Hall–Kier alpha value is -0.870. The molecule has 1 saturated heterocycles. The molecule has 2 fully saturated rings. The van der Waals surface area contributed by atoms with Crippen molar-refractivity contribution in [1.82, 2.24) is 19.8 Å². The topological polar surface area (TPSA) is 33.1 Å². The monoisotopic (exact) mass is 262 g/mol. The summed E-state index contributed by atoms with van der Waals surface area (Å²) in [6.07, 6.45) is 10.9. The number of likely N-dealkylation sites (tertiary alicyclic amines) is 1. The van der Waals surface area contributed by atoms with Gasteiger partial charge in [-0.3, -0.25) is 4.90 Å². The molecule has 1 unspecified atom stereocenters. The van der Waals surface area contributed by atoms with Gasteiger partial charge < -0.3 is 9.88 Å². The number of hydrogen-bond acceptors (Lipinski definition) is 3. The summed E-state index contributed by atoms with van der Waals surface area (Å²) in [6, 6.07) is 1.53. The van der Waals surface area contributed by atoms with Crippen LogP contribution < -0.4 is 5.32 Å². The third kappa shape index (κ3) is 3.37. The summed E-state index contributed by atoms with van der Waals surface area (Å²) >= 11 is 0. The maximum Gasteiger partial charge on any atom is 0.122 e. The molecule has 1 N–H and O–H groups in total. The largest absolute Gasteiger partial charge is 0.334 e.